The van der Waals surface area contributed by atoms with Gasteiger partial charge in [-0.2, -0.15) is 0 Å². The Balaban J connectivity index is 1.50. The van der Waals surface area contributed by atoms with Crippen LogP contribution in [0.4, 0.5) is 9.18 Å². The van der Waals surface area contributed by atoms with Crippen molar-refractivity contribution in [1.82, 2.24) is 15.2 Å². The van der Waals surface area contributed by atoms with Crippen LogP contribution in [0.1, 0.15) is 49.0 Å². The van der Waals surface area contributed by atoms with Gasteiger partial charge in [0.2, 0.25) is 0 Å². The molecule has 2 N–H and O–H groups in total. The number of urea groups is 1. The van der Waals surface area contributed by atoms with Gasteiger partial charge in [0.25, 0.3) is 0 Å². The predicted octanol–water partition coefficient (Wildman–Crippen LogP) is 4.15. The number of rotatable bonds is 4. The number of nitrogens with one attached hydrogen (secondary N) is 2. The van der Waals surface area contributed by atoms with Gasteiger partial charge in [0, 0.05) is 18.4 Å². The number of halogens is 1. The first kappa shape index (κ1) is 15.2. The normalized spacial score (nSPS) is 21.7. The van der Waals surface area contributed by atoms with E-state index in [1.54, 1.807) is 12.1 Å². The standard InChI is InChI=1S/C19H22FN3O/c20-15-9-7-14(8-10-15)18(13-5-6-13)22-19(24)23-12-2-4-17(23)16-3-1-11-21-16/h1,3,7-11,13,17-18,21H,2,4-6,12H2,(H,22,24)/t17-,18+/m1/s1. The number of hydrogen-bond acceptors (Lipinski definition) is 1. The largest absolute Gasteiger partial charge is 0.363 e. The van der Waals surface area contributed by atoms with Crippen molar-refractivity contribution in [2.75, 3.05) is 6.54 Å². The third kappa shape index (κ3) is 3.03. The van der Waals surface area contributed by atoms with Crippen LogP contribution in [0.2, 0.25) is 0 Å². The maximum atomic E-state index is 13.2. The molecule has 2 amide bonds. The molecule has 1 aromatic carbocycles. The summed E-state index contributed by atoms with van der Waals surface area (Å²) in [5.74, 6) is 0.219. The van der Waals surface area contributed by atoms with Gasteiger partial charge in [0.15, 0.2) is 0 Å². The van der Waals surface area contributed by atoms with E-state index in [1.165, 1.54) is 12.1 Å². The molecule has 2 atom stereocenters. The minimum Gasteiger partial charge on any atom is -0.363 e. The van der Waals surface area contributed by atoms with E-state index in [9.17, 15) is 9.18 Å². The highest BCUT2D eigenvalue weighted by Crippen LogP contribution is 2.41. The predicted molar refractivity (Wildman–Crippen MR) is 89.9 cm³/mol. The van der Waals surface area contributed by atoms with Crippen LogP contribution in [0.15, 0.2) is 42.6 Å². The van der Waals surface area contributed by atoms with E-state index in [4.69, 9.17) is 0 Å². The van der Waals surface area contributed by atoms with Crippen LogP contribution >= 0.6 is 0 Å². The smallest absolute Gasteiger partial charge is 0.318 e. The summed E-state index contributed by atoms with van der Waals surface area (Å²) in [4.78, 5) is 18.0. The molecule has 4 nitrogen and oxygen atoms in total. The van der Waals surface area contributed by atoms with E-state index in [0.29, 0.717) is 5.92 Å². The molecular formula is C19H22FN3O. The fourth-order valence-electron chi connectivity index (χ4n) is 3.67. The fourth-order valence-corrected chi connectivity index (χ4v) is 3.67. The van der Waals surface area contributed by atoms with E-state index in [-0.39, 0.29) is 23.9 Å². The average Bonchev–Trinajstić information content (AvgIpc) is 3.09. The molecule has 2 aliphatic rings. The molecule has 0 unspecified atom stereocenters. The Bertz CT molecular complexity index is 694. The van der Waals surface area contributed by atoms with Crippen molar-refractivity contribution >= 4 is 6.03 Å². The van der Waals surface area contributed by atoms with Crippen LogP contribution < -0.4 is 5.32 Å². The van der Waals surface area contributed by atoms with Crippen LogP contribution in [-0.2, 0) is 0 Å². The van der Waals surface area contributed by atoms with Crippen molar-refractivity contribution in [1.29, 1.82) is 0 Å². The van der Waals surface area contributed by atoms with Crippen molar-refractivity contribution in [3.05, 3.63) is 59.7 Å². The lowest BCUT2D eigenvalue weighted by Crippen LogP contribution is -2.42. The number of H-pyrrole nitrogens is 1. The summed E-state index contributed by atoms with van der Waals surface area (Å²) in [7, 11) is 0. The number of carbonyl (C=O) groups excluding carboxylic acids is 1. The van der Waals surface area contributed by atoms with Crippen molar-refractivity contribution in [3.63, 3.8) is 0 Å². The minimum atomic E-state index is -0.244. The quantitative estimate of drug-likeness (QED) is 0.870. The number of carbonyl (C=O) groups is 1. The van der Waals surface area contributed by atoms with E-state index in [1.807, 2.05) is 23.2 Å². The molecule has 0 spiro atoms. The molecule has 1 aromatic heterocycles. The van der Waals surface area contributed by atoms with Crippen molar-refractivity contribution in [3.8, 4) is 0 Å². The van der Waals surface area contributed by atoms with Crippen LogP contribution in [0.3, 0.4) is 0 Å². The molecule has 2 heterocycles. The van der Waals surface area contributed by atoms with Gasteiger partial charge in [-0.15, -0.1) is 0 Å². The average molecular weight is 327 g/mol. The Morgan fingerprint density at radius 2 is 2.00 bits per heavy atom. The molecule has 0 bridgehead atoms. The lowest BCUT2D eigenvalue weighted by Gasteiger charge is -2.28. The Labute approximate surface area is 141 Å². The van der Waals surface area contributed by atoms with Crippen molar-refractivity contribution in [2.24, 2.45) is 5.92 Å². The number of likely N-dealkylation sites (tertiary alicyclic amines) is 1. The second kappa shape index (κ2) is 6.30. The molecule has 1 saturated heterocycles. The highest BCUT2D eigenvalue weighted by molar-refractivity contribution is 5.75. The fraction of sp³-hybridized carbons (Fsp3) is 0.421. The van der Waals surface area contributed by atoms with Crippen LogP contribution in [-0.4, -0.2) is 22.5 Å². The molecule has 1 aliphatic carbocycles. The molecular weight excluding hydrogens is 305 g/mol. The highest BCUT2D eigenvalue weighted by Gasteiger charge is 2.37. The van der Waals surface area contributed by atoms with Gasteiger partial charge in [-0.05, 0) is 61.4 Å². The minimum absolute atomic E-state index is 0.0201. The second-order valence-electron chi connectivity index (χ2n) is 6.79. The summed E-state index contributed by atoms with van der Waals surface area (Å²) >= 11 is 0. The second-order valence-corrected chi connectivity index (χ2v) is 6.79. The Hall–Kier alpha value is -2.30. The van der Waals surface area contributed by atoms with Gasteiger partial charge in [-0.1, -0.05) is 12.1 Å². The van der Waals surface area contributed by atoms with Gasteiger partial charge in [-0.3, -0.25) is 0 Å². The molecule has 2 fully saturated rings. The van der Waals surface area contributed by atoms with Gasteiger partial charge in [-0.25, -0.2) is 9.18 Å². The van der Waals surface area contributed by atoms with Gasteiger partial charge in [0.1, 0.15) is 5.82 Å². The van der Waals surface area contributed by atoms with Gasteiger partial charge >= 0.3 is 6.03 Å². The zero-order valence-electron chi connectivity index (χ0n) is 13.5. The summed E-state index contributed by atoms with van der Waals surface area (Å²) in [5.41, 5.74) is 2.08. The lowest BCUT2D eigenvalue weighted by molar-refractivity contribution is 0.186. The Kier molecular flexibility index (Phi) is 4.00. The van der Waals surface area contributed by atoms with Gasteiger partial charge < -0.3 is 15.2 Å². The zero-order valence-corrected chi connectivity index (χ0v) is 13.5. The first-order valence-corrected chi connectivity index (χ1v) is 8.68. The molecule has 5 heteroatoms. The topological polar surface area (TPSA) is 48.1 Å². The zero-order chi connectivity index (χ0) is 16.5. The summed E-state index contributed by atoms with van der Waals surface area (Å²) in [6.07, 6.45) is 6.13. The molecule has 1 saturated carbocycles. The number of amides is 2. The third-order valence-electron chi connectivity index (χ3n) is 5.10. The van der Waals surface area contributed by atoms with Crippen LogP contribution in [0, 0.1) is 11.7 Å². The molecule has 4 rings (SSSR count). The summed E-state index contributed by atoms with van der Waals surface area (Å²) in [5, 5.41) is 3.20. The van der Waals surface area contributed by atoms with E-state index in [2.05, 4.69) is 10.3 Å². The third-order valence-corrected chi connectivity index (χ3v) is 5.10. The summed E-state index contributed by atoms with van der Waals surface area (Å²) in [6.45, 7) is 0.774. The van der Waals surface area contributed by atoms with Crippen LogP contribution in [0.5, 0.6) is 0 Å². The lowest BCUT2D eigenvalue weighted by atomic mass is 10.0. The molecule has 1 aliphatic heterocycles. The molecule has 126 valence electrons. The first-order valence-electron chi connectivity index (χ1n) is 8.68. The van der Waals surface area contributed by atoms with Crippen LogP contribution in [0.25, 0.3) is 0 Å². The molecule has 0 radical (unpaired) electrons. The number of aromatic nitrogens is 1. The molecule has 24 heavy (non-hydrogen) atoms. The van der Waals surface area contributed by atoms with Crippen molar-refractivity contribution < 1.29 is 9.18 Å². The number of benzene rings is 1. The number of hydrogen-bond donors (Lipinski definition) is 2. The maximum absolute atomic E-state index is 13.2. The monoisotopic (exact) mass is 327 g/mol. The Morgan fingerprint density at radius 3 is 2.67 bits per heavy atom. The summed E-state index contributed by atoms with van der Waals surface area (Å²) < 4.78 is 13.2. The molecule has 2 aromatic rings. The SMILES string of the molecule is O=C(N[C@H](c1ccc(F)cc1)C1CC1)N1CCC[C@@H]1c1ccc[nH]1. The number of aromatic amines is 1. The first-order chi connectivity index (χ1) is 11.7. The Morgan fingerprint density at radius 1 is 1.21 bits per heavy atom. The van der Waals surface area contributed by atoms with E-state index < -0.39 is 0 Å². The highest BCUT2D eigenvalue weighted by atomic mass is 19.1. The summed E-state index contributed by atoms with van der Waals surface area (Å²) in [6, 6.07) is 10.6. The van der Waals surface area contributed by atoms with Crippen molar-refractivity contribution in [2.45, 2.75) is 37.8 Å². The van der Waals surface area contributed by atoms with E-state index in [0.717, 1.165) is 43.5 Å². The van der Waals surface area contributed by atoms with E-state index >= 15 is 0 Å². The number of nitrogens with zero attached hydrogens (tertiary/aromatic N) is 1. The maximum Gasteiger partial charge on any atom is 0.318 e. The van der Waals surface area contributed by atoms with Gasteiger partial charge in [0.05, 0.1) is 12.1 Å².